The van der Waals surface area contributed by atoms with E-state index in [9.17, 15) is 13.6 Å². The van der Waals surface area contributed by atoms with Crippen LogP contribution in [0.4, 0.5) is 8.78 Å². The molecule has 1 heterocycles. The van der Waals surface area contributed by atoms with Crippen molar-refractivity contribution in [1.29, 1.82) is 0 Å². The van der Waals surface area contributed by atoms with Gasteiger partial charge in [0, 0.05) is 12.5 Å². The van der Waals surface area contributed by atoms with Gasteiger partial charge in [-0.05, 0) is 19.4 Å². The number of piperidine rings is 1. The Morgan fingerprint density at radius 1 is 1.58 bits per heavy atom. The Morgan fingerprint density at radius 3 is 2.92 bits per heavy atom. The van der Waals surface area contributed by atoms with Gasteiger partial charge in [-0.3, -0.25) is 4.90 Å². The molecule has 0 spiro atoms. The van der Waals surface area contributed by atoms with Crippen LogP contribution in [-0.4, -0.2) is 37.2 Å². The van der Waals surface area contributed by atoms with Crippen molar-refractivity contribution in [2.45, 2.75) is 19.3 Å². The summed E-state index contributed by atoms with van der Waals surface area (Å²) in [6.07, 6.45) is 0.298. The Hall–Kier alpha value is -0.510. The van der Waals surface area contributed by atoms with Crippen molar-refractivity contribution in [3.8, 4) is 0 Å². The second-order valence-corrected chi connectivity index (χ2v) is 3.19. The average molecular weight is 177 g/mol. The van der Waals surface area contributed by atoms with Crippen LogP contribution in [0.15, 0.2) is 0 Å². The number of alkyl halides is 2. The number of carbonyl (C=O) groups is 1. The van der Waals surface area contributed by atoms with Gasteiger partial charge in [0.1, 0.15) is 6.29 Å². The molecule has 1 fully saturated rings. The molecule has 0 saturated carbocycles. The molecule has 1 rings (SSSR count). The highest BCUT2D eigenvalue weighted by molar-refractivity contribution is 5.53. The fourth-order valence-electron chi connectivity index (χ4n) is 1.56. The first kappa shape index (κ1) is 9.58. The first-order valence-corrected chi connectivity index (χ1v) is 4.18. The van der Waals surface area contributed by atoms with E-state index >= 15 is 0 Å². The Labute approximate surface area is 70.5 Å². The third-order valence-electron chi connectivity index (χ3n) is 2.13. The minimum Gasteiger partial charge on any atom is -0.303 e. The molecule has 0 aromatic rings. The minimum atomic E-state index is -2.28. The number of likely N-dealkylation sites (tertiary alicyclic amines) is 1. The standard InChI is InChI=1S/C8H13F2NO/c9-8(10)5-11-3-1-2-7(4-11)6-12/h6-8H,1-5H2. The Morgan fingerprint density at radius 2 is 2.33 bits per heavy atom. The van der Waals surface area contributed by atoms with Gasteiger partial charge in [0.2, 0.25) is 0 Å². The van der Waals surface area contributed by atoms with Gasteiger partial charge in [-0.2, -0.15) is 0 Å². The summed E-state index contributed by atoms with van der Waals surface area (Å²) in [7, 11) is 0. The van der Waals surface area contributed by atoms with E-state index in [1.54, 1.807) is 4.90 Å². The molecule has 0 radical (unpaired) electrons. The second kappa shape index (κ2) is 4.50. The molecule has 0 aromatic heterocycles. The molecule has 1 unspecified atom stereocenters. The Bertz CT molecular complexity index is 152. The zero-order chi connectivity index (χ0) is 8.97. The molecule has 1 aliphatic rings. The number of carbonyl (C=O) groups excluding carboxylic acids is 1. The first-order valence-electron chi connectivity index (χ1n) is 4.18. The quantitative estimate of drug-likeness (QED) is 0.603. The maximum atomic E-state index is 11.9. The van der Waals surface area contributed by atoms with Gasteiger partial charge in [0.05, 0.1) is 6.54 Å². The molecule has 0 aliphatic carbocycles. The van der Waals surface area contributed by atoms with E-state index in [1.165, 1.54) is 0 Å². The Balaban J connectivity index is 2.30. The summed E-state index contributed by atoms with van der Waals surface area (Å²) in [5.74, 6) is -0.0301. The molecule has 12 heavy (non-hydrogen) atoms. The van der Waals surface area contributed by atoms with Crippen LogP contribution >= 0.6 is 0 Å². The van der Waals surface area contributed by atoms with Crippen LogP contribution in [0.3, 0.4) is 0 Å². The molecule has 0 N–H and O–H groups in total. The van der Waals surface area contributed by atoms with Crippen molar-refractivity contribution >= 4 is 6.29 Å². The monoisotopic (exact) mass is 177 g/mol. The lowest BCUT2D eigenvalue weighted by molar-refractivity contribution is -0.112. The van der Waals surface area contributed by atoms with E-state index in [0.29, 0.717) is 13.1 Å². The second-order valence-electron chi connectivity index (χ2n) is 3.19. The highest BCUT2D eigenvalue weighted by Gasteiger charge is 2.21. The van der Waals surface area contributed by atoms with Crippen LogP contribution in [-0.2, 0) is 4.79 Å². The lowest BCUT2D eigenvalue weighted by Gasteiger charge is -2.29. The zero-order valence-electron chi connectivity index (χ0n) is 6.88. The van der Waals surface area contributed by atoms with Crippen molar-refractivity contribution < 1.29 is 13.6 Å². The first-order chi connectivity index (χ1) is 5.72. The zero-order valence-corrected chi connectivity index (χ0v) is 6.88. The van der Waals surface area contributed by atoms with Crippen LogP contribution in [0.1, 0.15) is 12.8 Å². The predicted molar refractivity (Wildman–Crippen MR) is 41.2 cm³/mol. The van der Waals surface area contributed by atoms with E-state index in [0.717, 1.165) is 19.1 Å². The molecule has 0 aromatic carbocycles. The SMILES string of the molecule is O=CC1CCCN(CC(F)F)C1. The number of rotatable bonds is 3. The van der Waals surface area contributed by atoms with E-state index in [-0.39, 0.29) is 12.5 Å². The summed E-state index contributed by atoms with van der Waals surface area (Å²) in [6, 6.07) is 0. The summed E-state index contributed by atoms with van der Waals surface area (Å²) in [5.41, 5.74) is 0. The molecule has 4 heteroatoms. The fourth-order valence-corrected chi connectivity index (χ4v) is 1.56. The molecule has 1 saturated heterocycles. The number of nitrogens with zero attached hydrogens (tertiary/aromatic N) is 1. The van der Waals surface area contributed by atoms with Gasteiger partial charge < -0.3 is 4.79 Å². The van der Waals surface area contributed by atoms with E-state index in [4.69, 9.17) is 0 Å². The number of hydrogen-bond donors (Lipinski definition) is 0. The number of halogens is 2. The number of hydrogen-bond acceptors (Lipinski definition) is 2. The highest BCUT2D eigenvalue weighted by atomic mass is 19.3. The topological polar surface area (TPSA) is 20.3 Å². The third-order valence-corrected chi connectivity index (χ3v) is 2.13. The van der Waals surface area contributed by atoms with Crippen molar-refractivity contribution in [3.05, 3.63) is 0 Å². The number of aldehydes is 1. The van der Waals surface area contributed by atoms with Gasteiger partial charge in [-0.25, -0.2) is 8.78 Å². The van der Waals surface area contributed by atoms with Gasteiger partial charge >= 0.3 is 0 Å². The summed E-state index contributed by atoms with van der Waals surface area (Å²) >= 11 is 0. The maximum absolute atomic E-state index is 11.9. The molecule has 70 valence electrons. The Kier molecular flexibility index (Phi) is 3.59. The van der Waals surface area contributed by atoms with E-state index in [1.807, 2.05) is 0 Å². The van der Waals surface area contributed by atoms with E-state index in [2.05, 4.69) is 0 Å². The summed E-state index contributed by atoms with van der Waals surface area (Å²) in [6.45, 7) is 1.02. The summed E-state index contributed by atoms with van der Waals surface area (Å²) in [4.78, 5) is 12.0. The molecule has 1 aliphatic heterocycles. The van der Waals surface area contributed by atoms with Crippen molar-refractivity contribution in [2.24, 2.45) is 5.92 Å². The van der Waals surface area contributed by atoms with Crippen LogP contribution in [0.25, 0.3) is 0 Å². The molecule has 2 nitrogen and oxygen atoms in total. The molecule has 0 amide bonds. The molecule has 0 bridgehead atoms. The van der Waals surface area contributed by atoms with Crippen molar-refractivity contribution in [3.63, 3.8) is 0 Å². The normalized spacial score (nSPS) is 26.1. The maximum Gasteiger partial charge on any atom is 0.251 e. The van der Waals surface area contributed by atoms with Crippen molar-refractivity contribution in [1.82, 2.24) is 4.90 Å². The molecule has 1 atom stereocenters. The fraction of sp³-hybridized carbons (Fsp3) is 0.875. The van der Waals surface area contributed by atoms with Crippen molar-refractivity contribution in [2.75, 3.05) is 19.6 Å². The summed E-state index contributed by atoms with van der Waals surface area (Å²) < 4.78 is 23.8. The van der Waals surface area contributed by atoms with Gasteiger partial charge in [-0.1, -0.05) is 0 Å². The largest absolute Gasteiger partial charge is 0.303 e. The van der Waals surface area contributed by atoms with Gasteiger partial charge in [0.25, 0.3) is 6.43 Å². The van der Waals surface area contributed by atoms with Crippen LogP contribution in [0, 0.1) is 5.92 Å². The minimum absolute atomic E-state index is 0.0301. The van der Waals surface area contributed by atoms with Gasteiger partial charge in [0.15, 0.2) is 0 Å². The third kappa shape index (κ3) is 2.85. The van der Waals surface area contributed by atoms with Crippen LogP contribution in [0.5, 0.6) is 0 Å². The smallest absolute Gasteiger partial charge is 0.251 e. The van der Waals surface area contributed by atoms with Gasteiger partial charge in [-0.15, -0.1) is 0 Å². The molecular formula is C8H13F2NO. The molecular weight excluding hydrogens is 164 g/mol. The predicted octanol–water partition coefficient (Wildman–Crippen LogP) is 1.16. The van der Waals surface area contributed by atoms with Crippen LogP contribution in [0.2, 0.25) is 0 Å². The lowest BCUT2D eigenvalue weighted by Crippen LogP contribution is -2.38. The summed E-state index contributed by atoms with van der Waals surface area (Å²) in [5, 5.41) is 0. The van der Waals surface area contributed by atoms with Crippen LogP contribution < -0.4 is 0 Å². The highest BCUT2D eigenvalue weighted by Crippen LogP contribution is 2.14. The average Bonchev–Trinajstić information content (AvgIpc) is 2.03. The van der Waals surface area contributed by atoms with E-state index < -0.39 is 6.43 Å². The lowest BCUT2D eigenvalue weighted by atomic mass is 10.00.